The van der Waals surface area contributed by atoms with E-state index in [-0.39, 0.29) is 12.5 Å². The Morgan fingerprint density at radius 1 is 1.28 bits per heavy atom. The van der Waals surface area contributed by atoms with Gasteiger partial charge in [-0.25, -0.2) is 0 Å². The molecule has 0 fully saturated rings. The number of rotatable bonds is 5. The molecule has 0 saturated carbocycles. The van der Waals surface area contributed by atoms with Crippen LogP contribution in [-0.4, -0.2) is 29.6 Å². The van der Waals surface area contributed by atoms with Gasteiger partial charge in [0.25, 0.3) is 0 Å². The molecule has 0 aromatic heterocycles. The Morgan fingerprint density at radius 3 is 2.33 bits per heavy atom. The molecule has 5 heteroatoms. The van der Waals surface area contributed by atoms with E-state index in [4.69, 9.17) is 5.11 Å². The molecule has 0 spiro atoms. The number of amides is 1. The molecule has 0 radical (unpaired) electrons. The van der Waals surface area contributed by atoms with Crippen molar-refractivity contribution in [2.75, 3.05) is 11.9 Å². The van der Waals surface area contributed by atoms with Crippen LogP contribution in [0.25, 0.3) is 0 Å². The standard InChI is InChI=1S/C13H18N2O3/c1-8-5-4-6-9(2)12(8)15-11(16)7-14-10(3)13(17)18/h4-6,10,14H,7H2,1-3H3,(H,15,16)(H,17,18)/t10-/m0/s1. The van der Waals surface area contributed by atoms with Gasteiger partial charge in [-0.2, -0.15) is 0 Å². The number of hydrogen-bond donors (Lipinski definition) is 3. The summed E-state index contributed by atoms with van der Waals surface area (Å²) in [5.41, 5.74) is 2.75. The van der Waals surface area contributed by atoms with Crippen molar-refractivity contribution < 1.29 is 14.7 Å². The van der Waals surface area contributed by atoms with Gasteiger partial charge in [0.2, 0.25) is 5.91 Å². The minimum absolute atomic E-state index is 0.0265. The highest BCUT2D eigenvalue weighted by molar-refractivity contribution is 5.94. The highest BCUT2D eigenvalue weighted by Crippen LogP contribution is 2.18. The summed E-state index contributed by atoms with van der Waals surface area (Å²) < 4.78 is 0. The molecule has 0 heterocycles. The van der Waals surface area contributed by atoms with Crippen LogP contribution >= 0.6 is 0 Å². The Hall–Kier alpha value is -1.88. The third-order valence-electron chi connectivity index (χ3n) is 2.68. The van der Waals surface area contributed by atoms with E-state index >= 15 is 0 Å². The molecule has 0 aliphatic heterocycles. The number of carbonyl (C=O) groups is 2. The zero-order chi connectivity index (χ0) is 13.7. The van der Waals surface area contributed by atoms with Crippen molar-refractivity contribution >= 4 is 17.6 Å². The van der Waals surface area contributed by atoms with Crippen molar-refractivity contribution in [1.29, 1.82) is 0 Å². The zero-order valence-electron chi connectivity index (χ0n) is 10.8. The van der Waals surface area contributed by atoms with Crippen molar-refractivity contribution in [3.8, 4) is 0 Å². The lowest BCUT2D eigenvalue weighted by molar-refractivity contribution is -0.139. The van der Waals surface area contributed by atoms with Gasteiger partial charge >= 0.3 is 5.97 Å². The number of anilines is 1. The first-order chi connectivity index (χ1) is 8.41. The maximum atomic E-state index is 11.7. The van der Waals surface area contributed by atoms with Crippen LogP contribution in [0.4, 0.5) is 5.69 Å². The first-order valence-corrected chi connectivity index (χ1v) is 5.74. The number of nitrogens with one attached hydrogen (secondary N) is 2. The average Bonchev–Trinajstić information content (AvgIpc) is 2.30. The molecule has 1 amide bonds. The number of carbonyl (C=O) groups excluding carboxylic acids is 1. The van der Waals surface area contributed by atoms with Crippen LogP contribution in [0, 0.1) is 13.8 Å². The van der Waals surface area contributed by atoms with Crippen LogP contribution in [-0.2, 0) is 9.59 Å². The zero-order valence-corrected chi connectivity index (χ0v) is 10.8. The molecule has 1 atom stereocenters. The third-order valence-corrected chi connectivity index (χ3v) is 2.68. The molecule has 18 heavy (non-hydrogen) atoms. The molecule has 0 aliphatic carbocycles. The number of aryl methyl sites for hydroxylation is 2. The van der Waals surface area contributed by atoms with E-state index in [1.165, 1.54) is 6.92 Å². The normalized spacial score (nSPS) is 11.9. The molecule has 5 nitrogen and oxygen atoms in total. The van der Waals surface area contributed by atoms with Gasteiger partial charge in [0, 0.05) is 5.69 Å². The van der Waals surface area contributed by atoms with Crippen LogP contribution in [0.3, 0.4) is 0 Å². The number of carboxylic acids is 1. The van der Waals surface area contributed by atoms with Crippen molar-refractivity contribution in [2.24, 2.45) is 0 Å². The van der Waals surface area contributed by atoms with Gasteiger partial charge in [0.15, 0.2) is 0 Å². The molecule has 3 N–H and O–H groups in total. The summed E-state index contributed by atoms with van der Waals surface area (Å²) >= 11 is 0. The van der Waals surface area contributed by atoms with Crippen LogP contribution < -0.4 is 10.6 Å². The number of benzene rings is 1. The lowest BCUT2D eigenvalue weighted by Crippen LogP contribution is -2.39. The lowest BCUT2D eigenvalue weighted by atomic mass is 10.1. The van der Waals surface area contributed by atoms with Gasteiger partial charge in [-0.3, -0.25) is 14.9 Å². The van der Waals surface area contributed by atoms with Gasteiger partial charge in [0.1, 0.15) is 6.04 Å². The number of aliphatic carboxylic acids is 1. The second kappa shape index (κ2) is 6.16. The highest BCUT2D eigenvalue weighted by Gasteiger charge is 2.12. The van der Waals surface area contributed by atoms with Crippen LogP contribution in [0.15, 0.2) is 18.2 Å². The summed E-state index contributed by atoms with van der Waals surface area (Å²) in [7, 11) is 0. The Balaban J connectivity index is 2.58. The Morgan fingerprint density at radius 2 is 1.83 bits per heavy atom. The number of para-hydroxylation sites is 1. The topological polar surface area (TPSA) is 78.4 Å². The summed E-state index contributed by atoms with van der Waals surface area (Å²) in [4.78, 5) is 22.3. The van der Waals surface area contributed by atoms with Crippen LogP contribution in [0.2, 0.25) is 0 Å². The second-order valence-corrected chi connectivity index (χ2v) is 4.26. The maximum absolute atomic E-state index is 11.7. The molecule has 0 bridgehead atoms. The van der Waals surface area contributed by atoms with Crippen molar-refractivity contribution in [2.45, 2.75) is 26.8 Å². The molecular formula is C13H18N2O3. The van der Waals surface area contributed by atoms with Crippen molar-refractivity contribution in [3.63, 3.8) is 0 Å². The summed E-state index contributed by atoms with van der Waals surface area (Å²) in [5, 5.41) is 14.1. The Labute approximate surface area is 106 Å². The fourth-order valence-electron chi connectivity index (χ4n) is 1.53. The van der Waals surface area contributed by atoms with Gasteiger partial charge in [0.05, 0.1) is 6.54 Å². The van der Waals surface area contributed by atoms with E-state index in [2.05, 4.69) is 10.6 Å². The van der Waals surface area contributed by atoms with E-state index in [0.717, 1.165) is 16.8 Å². The second-order valence-electron chi connectivity index (χ2n) is 4.26. The first-order valence-electron chi connectivity index (χ1n) is 5.74. The molecule has 0 unspecified atom stereocenters. The van der Waals surface area contributed by atoms with E-state index in [1.807, 2.05) is 32.0 Å². The quantitative estimate of drug-likeness (QED) is 0.736. The molecule has 1 aromatic rings. The fraction of sp³-hybridized carbons (Fsp3) is 0.385. The Bertz CT molecular complexity index is 437. The SMILES string of the molecule is Cc1cccc(C)c1NC(=O)CN[C@@H](C)C(=O)O. The number of carboxylic acid groups (broad SMARTS) is 1. The summed E-state index contributed by atoms with van der Waals surface area (Å²) in [6, 6.07) is 5.01. The van der Waals surface area contributed by atoms with Crippen molar-refractivity contribution in [3.05, 3.63) is 29.3 Å². The maximum Gasteiger partial charge on any atom is 0.320 e. The summed E-state index contributed by atoms with van der Waals surface area (Å²) in [6.07, 6.45) is 0. The Kier molecular flexibility index (Phi) is 4.85. The highest BCUT2D eigenvalue weighted by atomic mass is 16.4. The molecular weight excluding hydrogens is 232 g/mol. The molecule has 0 aliphatic rings. The van der Waals surface area contributed by atoms with Gasteiger partial charge < -0.3 is 10.4 Å². The smallest absolute Gasteiger partial charge is 0.320 e. The summed E-state index contributed by atoms with van der Waals surface area (Å²) in [6.45, 7) is 5.29. The predicted molar refractivity (Wildman–Crippen MR) is 69.6 cm³/mol. The first kappa shape index (κ1) is 14.2. The van der Waals surface area contributed by atoms with Crippen molar-refractivity contribution in [1.82, 2.24) is 5.32 Å². The van der Waals surface area contributed by atoms with Crippen LogP contribution in [0.5, 0.6) is 0 Å². The predicted octanol–water partition coefficient (Wildman–Crippen LogP) is 1.30. The molecule has 1 rings (SSSR count). The van der Waals surface area contributed by atoms with Crippen LogP contribution in [0.1, 0.15) is 18.1 Å². The van der Waals surface area contributed by atoms with Gasteiger partial charge in [-0.05, 0) is 31.9 Å². The monoisotopic (exact) mass is 250 g/mol. The van der Waals surface area contributed by atoms with E-state index in [9.17, 15) is 9.59 Å². The largest absolute Gasteiger partial charge is 0.480 e. The summed E-state index contributed by atoms with van der Waals surface area (Å²) in [5.74, 6) is -1.23. The fourth-order valence-corrected chi connectivity index (χ4v) is 1.53. The lowest BCUT2D eigenvalue weighted by Gasteiger charge is -2.13. The minimum atomic E-state index is -0.977. The molecule has 0 saturated heterocycles. The molecule has 1 aromatic carbocycles. The number of hydrogen-bond acceptors (Lipinski definition) is 3. The molecule has 98 valence electrons. The van der Waals surface area contributed by atoms with Gasteiger partial charge in [-0.1, -0.05) is 18.2 Å². The minimum Gasteiger partial charge on any atom is -0.480 e. The van der Waals surface area contributed by atoms with E-state index < -0.39 is 12.0 Å². The third kappa shape index (κ3) is 3.85. The van der Waals surface area contributed by atoms with E-state index in [0.29, 0.717) is 0 Å². The van der Waals surface area contributed by atoms with E-state index in [1.54, 1.807) is 0 Å². The average molecular weight is 250 g/mol. The van der Waals surface area contributed by atoms with Gasteiger partial charge in [-0.15, -0.1) is 0 Å².